The predicted molar refractivity (Wildman–Crippen MR) is 71.8 cm³/mol. The molecule has 0 aliphatic rings. The van der Waals surface area contributed by atoms with Crippen molar-refractivity contribution < 1.29 is 5.11 Å². The van der Waals surface area contributed by atoms with Crippen LogP contribution in [-0.2, 0) is 4.75 Å². The zero-order chi connectivity index (χ0) is 12.5. The molecule has 1 heterocycles. The normalized spacial score (nSPS) is 11.7. The Morgan fingerprint density at radius 1 is 1.18 bits per heavy atom. The zero-order valence-corrected chi connectivity index (χ0v) is 11.0. The number of phenols is 1. The number of nitrogens with zero attached hydrogens (tertiary/aromatic N) is 2. The fourth-order valence-corrected chi connectivity index (χ4v) is 1.82. The highest BCUT2D eigenvalue weighted by atomic mass is 32.2. The molecule has 1 aromatic carbocycles. The molecule has 2 aromatic rings. The molecule has 0 radical (unpaired) electrons. The molecule has 1 N–H and O–H groups in total. The number of hydrogen-bond donors (Lipinski definition) is 1. The minimum absolute atomic E-state index is 0.0160. The van der Waals surface area contributed by atoms with Gasteiger partial charge in [0.05, 0.1) is 16.1 Å². The van der Waals surface area contributed by atoms with Crippen molar-refractivity contribution in [2.45, 2.75) is 18.6 Å². The van der Waals surface area contributed by atoms with E-state index in [1.165, 1.54) is 0 Å². The van der Waals surface area contributed by atoms with Gasteiger partial charge in [-0.1, -0.05) is 0 Å². The van der Waals surface area contributed by atoms with Crippen LogP contribution >= 0.6 is 11.8 Å². The smallest absolute Gasteiger partial charge is 0.115 e. The molecule has 0 bridgehead atoms. The van der Waals surface area contributed by atoms with Gasteiger partial charge in [-0.2, -0.15) is 16.9 Å². The minimum Gasteiger partial charge on any atom is -0.508 e. The van der Waals surface area contributed by atoms with E-state index in [0.717, 1.165) is 11.4 Å². The highest BCUT2D eigenvalue weighted by molar-refractivity contribution is 7.99. The van der Waals surface area contributed by atoms with Crippen LogP contribution < -0.4 is 0 Å². The lowest BCUT2D eigenvalue weighted by Crippen LogP contribution is -2.12. The van der Waals surface area contributed by atoms with E-state index < -0.39 is 0 Å². The van der Waals surface area contributed by atoms with Crippen LogP contribution in [0.25, 0.3) is 5.69 Å². The predicted octanol–water partition coefficient (Wildman–Crippen LogP) is 3.18. The van der Waals surface area contributed by atoms with Crippen molar-refractivity contribution >= 4 is 11.8 Å². The number of thioether (sulfide) groups is 1. The summed E-state index contributed by atoms with van der Waals surface area (Å²) in [7, 11) is 0. The van der Waals surface area contributed by atoms with E-state index in [1.54, 1.807) is 23.9 Å². The first-order chi connectivity index (χ1) is 8.03. The van der Waals surface area contributed by atoms with Gasteiger partial charge in [0, 0.05) is 6.20 Å². The Labute approximate surface area is 105 Å². The van der Waals surface area contributed by atoms with Crippen LogP contribution in [0.1, 0.15) is 19.5 Å². The molecule has 0 saturated heterocycles. The summed E-state index contributed by atoms with van der Waals surface area (Å²) in [5.41, 5.74) is 2.00. The van der Waals surface area contributed by atoms with Crippen LogP contribution in [0, 0.1) is 0 Å². The molecule has 1 aromatic heterocycles. The molecule has 0 spiro atoms. The molecule has 0 unspecified atom stereocenters. The molecule has 0 atom stereocenters. The van der Waals surface area contributed by atoms with Crippen molar-refractivity contribution in [1.82, 2.24) is 9.78 Å². The van der Waals surface area contributed by atoms with Gasteiger partial charge in [0.15, 0.2) is 0 Å². The van der Waals surface area contributed by atoms with Gasteiger partial charge in [-0.25, -0.2) is 4.68 Å². The molecular weight excluding hydrogens is 232 g/mol. The molecule has 0 amide bonds. The first-order valence-corrected chi connectivity index (χ1v) is 6.66. The van der Waals surface area contributed by atoms with Gasteiger partial charge < -0.3 is 5.11 Å². The summed E-state index contributed by atoms with van der Waals surface area (Å²) in [6.07, 6.45) is 4.03. The van der Waals surface area contributed by atoms with Crippen molar-refractivity contribution in [2.24, 2.45) is 0 Å². The van der Waals surface area contributed by atoms with Crippen molar-refractivity contribution in [3.63, 3.8) is 0 Å². The van der Waals surface area contributed by atoms with Gasteiger partial charge >= 0.3 is 0 Å². The quantitative estimate of drug-likeness (QED) is 0.906. The minimum atomic E-state index is 0.0160. The first-order valence-electron chi connectivity index (χ1n) is 5.43. The molecule has 0 saturated carbocycles. The summed E-state index contributed by atoms with van der Waals surface area (Å²) in [5.74, 6) is 0.269. The molecular formula is C13H16N2OS. The average molecular weight is 248 g/mol. The van der Waals surface area contributed by atoms with Gasteiger partial charge in [-0.3, -0.25) is 0 Å². The number of aromatic hydroxyl groups is 1. The lowest BCUT2D eigenvalue weighted by molar-refractivity contribution is 0.475. The van der Waals surface area contributed by atoms with E-state index in [-0.39, 0.29) is 10.5 Å². The first kappa shape index (κ1) is 12.0. The Balaban J connectivity index is 2.33. The van der Waals surface area contributed by atoms with Crippen LogP contribution in [-0.4, -0.2) is 21.1 Å². The Kier molecular flexibility index (Phi) is 3.15. The van der Waals surface area contributed by atoms with Crippen molar-refractivity contribution in [3.8, 4) is 11.4 Å². The third-order valence-corrected chi connectivity index (χ3v) is 4.06. The molecule has 90 valence electrons. The van der Waals surface area contributed by atoms with Gasteiger partial charge in [0.25, 0.3) is 0 Å². The van der Waals surface area contributed by atoms with Crippen LogP contribution in [0.4, 0.5) is 0 Å². The second-order valence-corrected chi connectivity index (χ2v) is 5.81. The SMILES string of the molecule is CSC(C)(C)c1ccn(-c2ccc(O)cc2)n1. The van der Waals surface area contributed by atoms with Crippen molar-refractivity contribution in [3.05, 3.63) is 42.2 Å². The van der Waals surface area contributed by atoms with E-state index in [2.05, 4.69) is 25.2 Å². The van der Waals surface area contributed by atoms with E-state index in [1.807, 2.05) is 29.1 Å². The number of rotatable bonds is 3. The van der Waals surface area contributed by atoms with Gasteiger partial charge in [0.2, 0.25) is 0 Å². The Morgan fingerprint density at radius 3 is 2.41 bits per heavy atom. The van der Waals surface area contributed by atoms with E-state index in [9.17, 15) is 5.11 Å². The summed E-state index contributed by atoms with van der Waals surface area (Å²) in [6.45, 7) is 4.31. The van der Waals surface area contributed by atoms with E-state index >= 15 is 0 Å². The Morgan fingerprint density at radius 2 is 1.82 bits per heavy atom. The van der Waals surface area contributed by atoms with Crippen molar-refractivity contribution in [2.75, 3.05) is 6.26 Å². The molecule has 2 rings (SSSR count). The Bertz CT molecular complexity index is 502. The van der Waals surface area contributed by atoms with E-state index in [0.29, 0.717) is 0 Å². The average Bonchev–Trinajstić information content (AvgIpc) is 2.80. The molecule has 0 aliphatic carbocycles. The number of hydrogen-bond acceptors (Lipinski definition) is 3. The van der Waals surface area contributed by atoms with Crippen LogP contribution in [0.2, 0.25) is 0 Å². The monoisotopic (exact) mass is 248 g/mol. The maximum atomic E-state index is 9.24. The lowest BCUT2D eigenvalue weighted by Gasteiger charge is -2.18. The lowest BCUT2D eigenvalue weighted by atomic mass is 10.1. The highest BCUT2D eigenvalue weighted by Gasteiger charge is 2.21. The summed E-state index contributed by atoms with van der Waals surface area (Å²) in [5, 5.41) is 13.8. The van der Waals surface area contributed by atoms with Crippen LogP contribution in [0.3, 0.4) is 0 Å². The van der Waals surface area contributed by atoms with Crippen LogP contribution in [0.5, 0.6) is 5.75 Å². The maximum absolute atomic E-state index is 9.24. The summed E-state index contributed by atoms with van der Waals surface area (Å²) in [6, 6.07) is 9.05. The number of aromatic nitrogens is 2. The summed E-state index contributed by atoms with van der Waals surface area (Å²) >= 11 is 1.78. The second kappa shape index (κ2) is 4.45. The Hall–Kier alpha value is -1.42. The molecule has 0 fully saturated rings. The standard InChI is InChI=1S/C13H16N2OS/c1-13(2,17-3)12-8-9-15(14-12)10-4-6-11(16)7-5-10/h4-9,16H,1-3H3. The molecule has 0 aliphatic heterocycles. The maximum Gasteiger partial charge on any atom is 0.115 e. The number of benzene rings is 1. The van der Waals surface area contributed by atoms with Gasteiger partial charge in [0.1, 0.15) is 5.75 Å². The molecule has 3 nitrogen and oxygen atoms in total. The summed E-state index contributed by atoms with van der Waals surface area (Å²) < 4.78 is 1.84. The summed E-state index contributed by atoms with van der Waals surface area (Å²) in [4.78, 5) is 0. The zero-order valence-electron chi connectivity index (χ0n) is 10.2. The van der Waals surface area contributed by atoms with Crippen LogP contribution in [0.15, 0.2) is 36.5 Å². The fraction of sp³-hybridized carbons (Fsp3) is 0.308. The molecule has 17 heavy (non-hydrogen) atoms. The largest absolute Gasteiger partial charge is 0.508 e. The number of phenolic OH excluding ortho intramolecular Hbond substituents is 1. The second-order valence-electron chi connectivity index (χ2n) is 4.38. The third kappa shape index (κ3) is 2.47. The van der Waals surface area contributed by atoms with Crippen molar-refractivity contribution in [1.29, 1.82) is 0 Å². The third-order valence-electron chi connectivity index (χ3n) is 2.83. The van der Waals surface area contributed by atoms with E-state index in [4.69, 9.17) is 0 Å². The highest BCUT2D eigenvalue weighted by Crippen LogP contribution is 2.32. The fourth-order valence-electron chi connectivity index (χ4n) is 1.50. The topological polar surface area (TPSA) is 38.0 Å². The molecule has 4 heteroatoms. The van der Waals surface area contributed by atoms with Gasteiger partial charge in [-0.15, -0.1) is 0 Å². The van der Waals surface area contributed by atoms with Gasteiger partial charge in [-0.05, 0) is 50.4 Å².